The fraction of sp³-hybridized carbons (Fsp3) is 0.0500. The van der Waals surface area contributed by atoms with Crippen molar-refractivity contribution in [2.24, 2.45) is 0 Å². The number of rotatable bonds is 5. The molecule has 27 heavy (non-hydrogen) atoms. The van der Waals surface area contributed by atoms with Crippen LogP contribution >= 0.6 is 23.4 Å². The SMILES string of the molecule is Fc1ccc(-n2c(SCc3ccccc3Cl)nnc2-c2ccncc2)cc1. The predicted molar refractivity (Wildman–Crippen MR) is 106 cm³/mol. The Kier molecular flexibility index (Phi) is 5.18. The first-order valence-corrected chi connectivity index (χ1v) is 9.57. The van der Waals surface area contributed by atoms with E-state index in [4.69, 9.17) is 11.6 Å². The Labute approximate surface area is 165 Å². The van der Waals surface area contributed by atoms with Gasteiger partial charge in [0.2, 0.25) is 0 Å². The lowest BCUT2D eigenvalue weighted by Crippen LogP contribution is -2.00. The number of aromatic nitrogens is 4. The second kappa shape index (κ2) is 7.90. The summed E-state index contributed by atoms with van der Waals surface area (Å²) in [6.07, 6.45) is 3.41. The molecule has 0 spiro atoms. The smallest absolute Gasteiger partial charge is 0.196 e. The summed E-state index contributed by atoms with van der Waals surface area (Å²) < 4.78 is 15.3. The van der Waals surface area contributed by atoms with Crippen molar-refractivity contribution in [3.63, 3.8) is 0 Å². The van der Waals surface area contributed by atoms with Gasteiger partial charge in [-0.2, -0.15) is 0 Å². The maximum Gasteiger partial charge on any atom is 0.196 e. The highest BCUT2D eigenvalue weighted by Gasteiger charge is 2.16. The molecule has 0 saturated heterocycles. The van der Waals surface area contributed by atoms with E-state index in [0.717, 1.165) is 16.8 Å². The molecular weight excluding hydrogens is 383 g/mol. The fourth-order valence-electron chi connectivity index (χ4n) is 2.63. The quantitative estimate of drug-likeness (QED) is 0.423. The summed E-state index contributed by atoms with van der Waals surface area (Å²) in [6, 6.07) is 17.7. The highest BCUT2D eigenvalue weighted by Crippen LogP contribution is 2.31. The third-order valence-corrected chi connectivity index (χ3v) is 5.32. The number of halogens is 2. The van der Waals surface area contributed by atoms with E-state index < -0.39 is 0 Å². The molecule has 0 N–H and O–H groups in total. The van der Waals surface area contributed by atoms with Crippen molar-refractivity contribution in [1.82, 2.24) is 19.7 Å². The fourth-order valence-corrected chi connectivity index (χ4v) is 3.87. The van der Waals surface area contributed by atoms with Gasteiger partial charge in [0.25, 0.3) is 0 Å². The van der Waals surface area contributed by atoms with E-state index in [-0.39, 0.29) is 5.82 Å². The average Bonchev–Trinajstić information content (AvgIpc) is 3.12. The minimum Gasteiger partial charge on any atom is -0.270 e. The van der Waals surface area contributed by atoms with Gasteiger partial charge in [-0.15, -0.1) is 10.2 Å². The van der Waals surface area contributed by atoms with Crippen LogP contribution in [0.4, 0.5) is 4.39 Å². The maximum atomic E-state index is 13.4. The topological polar surface area (TPSA) is 43.6 Å². The van der Waals surface area contributed by atoms with Crippen LogP contribution in [0, 0.1) is 5.82 Å². The van der Waals surface area contributed by atoms with Crippen molar-refractivity contribution in [3.05, 3.63) is 89.5 Å². The molecular formula is C20H14ClFN4S. The second-order valence-corrected chi connectivity index (χ2v) is 7.08. The maximum absolute atomic E-state index is 13.4. The third-order valence-electron chi connectivity index (χ3n) is 3.97. The third kappa shape index (κ3) is 3.86. The Morgan fingerprint density at radius 2 is 1.67 bits per heavy atom. The van der Waals surface area contributed by atoms with Crippen molar-refractivity contribution in [1.29, 1.82) is 0 Å². The zero-order valence-electron chi connectivity index (χ0n) is 14.1. The van der Waals surface area contributed by atoms with Gasteiger partial charge >= 0.3 is 0 Å². The van der Waals surface area contributed by atoms with Gasteiger partial charge in [-0.1, -0.05) is 41.6 Å². The molecule has 0 unspecified atom stereocenters. The number of hydrogen-bond acceptors (Lipinski definition) is 4. The van der Waals surface area contributed by atoms with E-state index in [1.807, 2.05) is 41.0 Å². The van der Waals surface area contributed by atoms with Crippen molar-refractivity contribution in [2.45, 2.75) is 10.9 Å². The van der Waals surface area contributed by atoms with Crippen LogP contribution in [0.1, 0.15) is 5.56 Å². The summed E-state index contributed by atoms with van der Waals surface area (Å²) in [4.78, 5) is 4.05. The van der Waals surface area contributed by atoms with Gasteiger partial charge in [0, 0.05) is 34.4 Å². The van der Waals surface area contributed by atoms with Crippen molar-refractivity contribution in [3.8, 4) is 17.1 Å². The Morgan fingerprint density at radius 1 is 0.926 bits per heavy atom. The number of thioether (sulfide) groups is 1. The van der Waals surface area contributed by atoms with Crippen LogP contribution in [0.3, 0.4) is 0 Å². The summed E-state index contributed by atoms with van der Waals surface area (Å²) in [5, 5.41) is 10.1. The van der Waals surface area contributed by atoms with E-state index >= 15 is 0 Å². The van der Waals surface area contributed by atoms with E-state index in [9.17, 15) is 4.39 Å². The molecule has 0 aliphatic carbocycles. The Balaban J connectivity index is 1.74. The first-order valence-electron chi connectivity index (χ1n) is 8.20. The monoisotopic (exact) mass is 396 g/mol. The summed E-state index contributed by atoms with van der Waals surface area (Å²) in [7, 11) is 0. The van der Waals surface area contributed by atoms with Crippen LogP contribution in [-0.2, 0) is 5.75 Å². The first kappa shape index (κ1) is 17.7. The molecule has 0 radical (unpaired) electrons. The van der Waals surface area contributed by atoms with Gasteiger partial charge in [0.1, 0.15) is 5.82 Å². The molecule has 0 bridgehead atoms. The first-order chi connectivity index (χ1) is 13.2. The molecule has 134 valence electrons. The van der Waals surface area contributed by atoms with E-state index in [0.29, 0.717) is 21.8 Å². The van der Waals surface area contributed by atoms with Gasteiger partial charge in [0.05, 0.1) is 0 Å². The number of nitrogens with zero attached hydrogens (tertiary/aromatic N) is 4. The lowest BCUT2D eigenvalue weighted by atomic mass is 10.2. The van der Waals surface area contributed by atoms with Crippen LogP contribution in [0.5, 0.6) is 0 Å². The van der Waals surface area contributed by atoms with Gasteiger partial charge in [-0.3, -0.25) is 9.55 Å². The number of pyridine rings is 1. The van der Waals surface area contributed by atoms with Crippen LogP contribution in [-0.4, -0.2) is 19.7 Å². The minimum absolute atomic E-state index is 0.289. The summed E-state index contributed by atoms with van der Waals surface area (Å²) in [5.41, 5.74) is 2.68. The molecule has 0 amide bonds. The normalized spacial score (nSPS) is 10.9. The standard InChI is InChI=1S/C20H14ClFN4S/c21-18-4-2-1-3-15(18)13-27-20-25-24-19(14-9-11-23-12-10-14)26(20)17-7-5-16(22)6-8-17/h1-12H,13H2. The van der Waals surface area contributed by atoms with Crippen molar-refractivity contribution >= 4 is 23.4 Å². The Hall–Kier alpha value is -2.70. The summed E-state index contributed by atoms with van der Waals surface area (Å²) >= 11 is 7.79. The summed E-state index contributed by atoms with van der Waals surface area (Å²) in [6.45, 7) is 0. The van der Waals surface area contributed by atoms with E-state index in [1.54, 1.807) is 24.5 Å². The molecule has 4 rings (SSSR count). The van der Waals surface area contributed by atoms with Gasteiger partial charge in [-0.25, -0.2) is 4.39 Å². The van der Waals surface area contributed by atoms with E-state index in [2.05, 4.69) is 15.2 Å². The van der Waals surface area contributed by atoms with Gasteiger partial charge in [0.15, 0.2) is 11.0 Å². The van der Waals surface area contributed by atoms with Crippen LogP contribution in [0.25, 0.3) is 17.1 Å². The summed E-state index contributed by atoms with van der Waals surface area (Å²) in [5.74, 6) is 1.03. The van der Waals surface area contributed by atoms with Crippen LogP contribution in [0.2, 0.25) is 5.02 Å². The molecule has 2 aromatic carbocycles. The van der Waals surface area contributed by atoms with Crippen LogP contribution < -0.4 is 0 Å². The molecule has 2 heterocycles. The number of benzene rings is 2. The molecule has 4 aromatic rings. The highest BCUT2D eigenvalue weighted by molar-refractivity contribution is 7.98. The largest absolute Gasteiger partial charge is 0.270 e. The van der Waals surface area contributed by atoms with Gasteiger partial charge < -0.3 is 0 Å². The highest BCUT2D eigenvalue weighted by atomic mass is 35.5. The van der Waals surface area contributed by atoms with Crippen molar-refractivity contribution < 1.29 is 4.39 Å². The molecule has 4 nitrogen and oxygen atoms in total. The molecule has 2 aromatic heterocycles. The lowest BCUT2D eigenvalue weighted by molar-refractivity contribution is 0.627. The minimum atomic E-state index is -0.289. The van der Waals surface area contributed by atoms with Gasteiger partial charge in [-0.05, 0) is 48.0 Å². The zero-order valence-corrected chi connectivity index (χ0v) is 15.7. The molecule has 0 atom stereocenters. The predicted octanol–water partition coefficient (Wildman–Crippen LogP) is 5.41. The zero-order chi connectivity index (χ0) is 18.6. The molecule has 0 saturated carbocycles. The second-order valence-electron chi connectivity index (χ2n) is 5.73. The molecule has 7 heteroatoms. The molecule has 0 aliphatic rings. The van der Waals surface area contributed by atoms with Crippen LogP contribution in [0.15, 0.2) is 78.2 Å². The lowest BCUT2D eigenvalue weighted by Gasteiger charge is -2.10. The van der Waals surface area contributed by atoms with E-state index in [1.165, 1.54) is 23.9 Å². The Bertz CT molecular complexity index is 1050. The number of hydrogen-bond donors (Lipinski definition) is 0. The molecule has 0 aliphatic heterocycles. The molecule has 0 fully saturated rings. The Morgan fingerprint density at radius 3 is 2.41 bits per heavy atom. The van der Waals surface area contributed by atoms with Crippen molar-refractivity contribution in [2.75, 3.05) is 0 Å². The average molecular weight is 397 g/mol.